The van der Waals surface area contributed by atoms with Crippen LogP contribution in [-0.4, -0.2) is 35.1 Å². The molecule has 29 heavy (non-hydrogen) atoms. The minimum atomic E-state index is -1.01. The Labute approximate surface area is 170 Å². The van der Waals surface area contributed by atoms with Crippen LogP contribution in [0.2, 0.25) is 0 Å². The molecule has 0 spiro atoms. The van der Waals surface area contributed by atoms with E-state index in [-0.39, 0.29) is 30.5 Å². The number of benzene rings is 1. The zero-order valence-corrected chi connectivity index (χ0v) is 17.1. The lowest BCUT2D eigenvalue weighted by Crippen LogP contribution is -2.48. The number of hydrogen-bond donors (Lipinski definition) is 2. The zero-order chi connectivity index (χ0) is 21.4. The molecule has 8 nitrogen and oxygen atoms in total. The van der Waals surface area contributed by atoms with Crippen LogP contribution in [0.5, 0.6) is 0 Å². The quantitative estimate of drug-likeness (QED) is 0.625. The summed E-state index contributed by atoms with van der Waals surface area (Å²) >= 11 is 0. The van der Waals surface area contributed by atoms with E-state index in [0.29, 0.717) is 5.76 Å². The van der Waals surface area contributed by atoms with Crippen LogP contribution in [0.3, 0.4) is 0 Å². The van der Waals surface area contributed by atoms with Crippen molar-refractivity contribution in [1.82, 2.24) is 10.5 Å². The average molecular weight is 401 g/mol. The van der Waals surface area contributed by atoms with E-state index < -0.39 is 24.0 Å². The molecule has 2 aromatic rings. The van der Waals surface area contributed by atoms with Gasteiger partial charge in [-0.3, -0.25) is 9.59 Å². The molecule has 2 amide bonds. The highest BCUT2D eigenvalue weighted by Crippen LogP contribution is 2.12. The number of rotatable bonds is 9. The van der Waals surface area contributed by atoms with Gasteiger partial charge in [-0.25, -0.2) is 4.79 Å². The third-order valence-electron chi connectivity index (χ3n) is 4.25. The summed E-state index contributed by atoms with van der Waals surface area (Å²) in [5, 5.41) is 8.96. The third-order valence-corrected chi connectivity index (χ3v) is 4.25. The summed E-state index contributed by atoms with van der Waals surface area (Å²) in [6.45, 7) is 7.02. The second kappa shape index (κ2) is 10.4. The van der Waals surface area contributed by atoms with E-state index in [0.717, 1.165) is 5.56 Å². The minimum absolute atomic E-state index is 0.153. The van der Waals surface area contributed by atoms with Gasteiger partial charge in [0.2, 0.25) is 5.91 Å². The fourth-order valence-electron chi connectivity index (χ4n) is 2.67. The second-order valence-corrected chi connectivity index (χ2v) is 7.10. The van der Waals surface area contributed by atoms with Crippen LogP contribution in [0, 0.1) is 12.8 Å². The largest absolute Gasteiger partial charge is 0.451 e. The van der Waals surface area contributed by atoms with Gasteiger partial charge in [0.05, 0.1) is 6.42 Å². The van der Waals surface area contributed by atoms with Crippen LogP contribution in [0.4, 0.5) is 5.82 Å². The Balaban J connectivity index is 1.97. The lowest BCUT2D eigenvalue weighted by atomic mass is 10.0. The number of ether oxygens (including phenoxy) is 1. The molecule has 0 aliphatic rings. The van der Waals surface area contributed by atoms with Crippen LogP contribution in [-0.2, 0) is 25.5 Å². The Bertz CT molecular complexity index is 832. The lowest BCUT2D eigenvalue weighted by molar-refractivity contribution is -0.158. The van der Waals surface area contributed by atoms with Gasteiger partial charge in [0.25, 0.3) is 5.91 Å². The molecule has 1 aromatic heterocycles. The van der Waals surface area contributed by atoms with Gasteiger partial charge in [-0.05, 0) is 24.8 Å². The van der Waals surface area contributed by atoms with Crippen molar-refractivity contribution in [3.8, 4) is 0 Å². The molecule has 0 saturated heterocycles. The Morgan fingerprint density at radius 2 is 1.86 bits per heavy atom. The van der Waals surface area contributed by atoms with Gasteiger partial charge in [-0.1, -0.05) is 56.3 Å². The van der Waals surface area contributed by atoms with E-state index in [2.05, 4.69) is 15.8 Å². The molecule has 0 aliphatic heterocycles. The topological polar surface area (TPSA) is 111 Å². The van der Waals surface area contributed by atoms with Gasteiger partial charge in [-0.15, -0.1) is 0 Å². The predicted octanol–water partition coefficient (Wildman–Crippen LogP) is 2.63. The molecule has 1 heterocycles. The van der Waals surface area contributed by atoms with Gasteiger partial charge in [0.1, 0.15) is 11.8 Å². The molecular formula is C21H27N3O5. The van der Waals surface area contributed by atoms with Crippen molar-refractivity contribution in [1.29, 1.82) is 0 Å². The maximum Gasteiger partial charge on any atom is 0.329 e. The summed E-state index contributed by atoms with van der Waals surface area (Å²) in [7, 11) is 0. The van der Waals surface area contributed by atoms with Crippen molar-refractivity contribution < 1.29 is 23.6 Å². The van der Waals surface area contributed by atoms with E-state index in [1.165, 1.54) is 0 Å². The van der Waals surface area contributed by atoms with Crippen LogP contribution < -0.4 is 10.6 Å². The molecule has 156 valence electrons. The Hall–Kier alpha value is -3.16. The first kappa shape index (κ1) is 22.1. The average Bonchev–Trinajstić information content (AvgIpc) is 3.09. The summed E-state index contributed by atoms with van der Waals surface area (Å²) in [6.07, 6.45) is -0.579. The number of nitrogens with one attached hydrogen (secondary N) is 2. The van der Waals surface area contributed by atoms with Gasteiger partial charge < -0.3 is 19.9 Å². The summed E-state index contributed by atoms with van der Waals surface area (Å²) in [5.74, 6) is -0.861. The molecule has 0 bridgehead atoms. The highest BCUT2D eigenvalue weighted by Gasteiger charge is 2.30. The van der Waals surface area contributed by atoms with Crippen LogP contribution in [0.25, 0.3) is 0 Å². The highest BCUT2D eigenvalue weighted by atomic mass is 16.5. The fraction of sp³-hybridized carbons (Fsp3) is 0.429. The molecule has 2 atom stereocenters. The van der Waals surface area contributed by atoms with Crippen molar-refractivity contribution in [2.75, 3.05) is 5.32 Å². The molecule has 1 unspecified atom stereocenters. The number of esters is 1. The molecule has 0 saturated carbocycles. The number of aromatic nitrogens is 1. The molecular weight excluding hydrogens is 374 g/mol. The maximum absolute atomic E-state index is 12.7. The van der Waals surface area contributed by atoms with E-state index in [9.17, 15) is 14.4 Å². The maximum atomic E-state index is 12.7. The van der Waals surface area contributed by atoms with E-state index in [1.54, 1.807) is 33.8 Å². The van der Waals surface area contributed by atoms with Gasteiger partial charge >= 0.3 is 5.97 Å². The first-order valence-corrected chi connectivity index (χ1v) is 9.58. The Morgan fingerprint density at radius 3 is 2.41 bits per heavy atom. The Kier molecular flexibility index (Phi) is 7.94. The van der Waals surface area contributed by atoms with E-state index >= 15 is 0 Å². The van der Waals surface area contributed by atoms with Gasteiger partial charge in [0.15, 0.2) is 11.9 Å². The van der Waals surface area contributed by atoms with Crippen LogP contribution >= 0.6 is 0 Å². The molecule has 2 rings (SSSR count). The molecule has 2 N–H and O–H groups in total. The number of carbonyl (C=O) groups is 3. The third kappa shape index (κ3) is 6.74. The number of nitrogens with zero attached hydrogens (tertiary/aromatic N) is 1. The lowest BCUT2D eigenvalue weighted by Gasteiger charge is -2.23. The van der Waals surface area contributed by atoms with Crippen molar-refractivity contribution >= 4 is 23.6 Å². The molecule has 0 fully saturated rings. The number of carbonyl (C=O) groups excluding carboxylic acids is 3. The van der Waals surface area contributed by atoms with Crippen molar-refractivity contribution in [2.45, 2.75) is 52.7 Å². The first-order valence-electron chi connectivity index (χ1n) is 9.58. The number of anilines is 1. The first-order chi connectivity index (χ1) is 13.8. The second-order valence-electron chi connectivity index (χ2n) is 7.10. The van der Waals surface area contributed by atoms with Crippen molar-refractivity contribution in [3.63, 3.8) is 0 Å². The SMILES string of the molecule is CCC(OC(=O)[C@@H](NC(=O)Cc1ccccc1)C(C)C)C(=O)Nc1cc(C)on1. The van der Waals surface area contributed by atoms with Crippen LogP contribution in [0.1, 0.15) is 38.5 Å². The molecule has 0 aliphatic carbocycles. The summed E-state index contributed by atoms with van der Waals surface area (Å²) < 4.78 is 10.3. The molecule has 0 radical (unpaired) electrons. The summed E-state index contributed by atoms with van der Waals surface area (Å²) in [6, 6.07) is 9.94. The zero-order valence-electron chi connectivity index (χ0n) is 17.1. The fourth-order valence-corrected chi connectivity index (χ4v) is 2.67. The van der Waals surface area contributed by atoms with E-state index in [4.69, 9.17) is 9.26 Å². The molecule has 1 aromatic carbocycles. The van der Waals surface area contributed by atoms with Crippen molar-refractivity contribution in [2.24, 2.45) is 5.92 Å². The standard InChI is InChI=1S/C21H27N3O5/c1-5-16(20(26)22-17-11-14(4)29-24-17)28-21(27)19(13(2)3)23-18(25)12-15-9-7-6-8-10-15/h6-11,13,16,19H,5,12H2,1-4H3,(H,23,25)(H,22,24,26)/t16?,19-/m0/s1. The van der Waals surface area contributed by atoms with Gasteiger partial charge in [0, 0.05) is 6.07 Å². The summed E-state index contributed by atoms with van der Waals surface area (Å²) in [4.78, 5) is 37.4. The monoisotopic (exact) mass is 401 g/mol. The minimum Gasteiger partial charge on any atom is -0.451 e. The number of hydrogen-bond acceptors (Lipinski definition) is 6. The number of amides is 2. The van der Waals surface area contributed by atoms with E-state index in [1.807, 2.05) is 30.3 Å². The smallest absolute Gasteiger partial charge is 0.329 e. The normalized spacial score (nSPS) is 12.9. The highest BCUT2D eigenvalue weighted by molar-refractivity contribution is 5.95. The summed E-state index contributed by atoms with van der Waals surface area (Å²) in [5.41, 5.74) is 0.842. The van der Waals surface area contributed by atoms with Gasteiger partial charge in [-0.2, -0.15) is 0 Å². The molecule has 8 heteroatoms. The predicted molar refractivity (Wildman–Crippen MR) is 107 cm³/mol. The van der Waals surface area contributed by atoms with Crippen molar-refractivity contribution in [3.05, 3.63) is 47.7 Å². The van der Waals surface area contributed by atoms with Crippen LogP contribution in [0.15, 0.2) is 40.9 Å². The number of aryl methyl sites for hydroxylation is 1. The Morgan fingerprint density at radius 1 is 1.17 bits per heavy atom.